The Kier molecular flexibility index (Phi) is 2.00. The summed E-state index contributed by atoms with van der Waals surface area (Å²) in [5.41, 5.74) is -1.18. The average Bonchev–Trinajstić information content (AvgIpc) is 2.30. The Morgan fingerprint density at radius 2 is 2.25 bits per heavy atom. The van der Waals surface area contributed by atoms with E-state index in [9.17, 15) is 9.18 Å². The van der Waals surface area contributed by atoms with Gasteiger partial charge in [0.05, 0.1) is 6.20 Å². The molecule has 1 rings (SSSR count). The lowest BCUT2D eigenvalue weighted by Crippen LogP contribution is -2.11. The van der Waals surface area contributed by atoms with Gasteiger partial charge in [-0.25, -0.2) is 9.37 Å². The van der Waals surface area contributed by atoms with Crippen LogP contribution in [0.15, 0.2) is 6.20 Å². The van der Waals surface area contributed by atoms with Crippen LogP contribution >= 0.6 is 0 Å². The van der Waals surface area contributed by atoms with Crippen molar-refractivity contribution in [1.82, 2.24) is 9.97 Å². The fourth-order valence-electron chi connectivity index (χ4n) is 0.802. The Morgan fingerprint density at radius 3 is 2.50 bits per heavy atom. The Hall–Kier alpha value is -1.19. The molecule has 1 heterocycles. The summed E-state index contributed by atoms with van der Waals surface area (Å²) >= 11 is 0. The highest BCUT2D eigenvalue weighted by molar-refractivity contribution is 5.91. The maximum Gasteiger partial charge on any atom is 0.177 e. The summed E-state index contributed by atoms with van der Waals surface area (Å²) in [5, 5.41) is 0. The van der Waals surface area contributed by atoms with Gasteiger partial charge in [0.1, 0.15) is 11.5 Å². The summed E-state index contributed by atoms with van der Waals surface area (Å²) in [4.78, 5) is 17.2. The third-order valence-electron chi connectivity index (χ3n) is 1.52. The molecule has 0 aliphatic rings. The number of ketones is 1. The van der Waals surface area contributed by atoms with Crippen LogP contribution in [-0.2, 0) is 5.67 Å². The number of halogens is 1. The summed E-state index contributed by atoms with van der Waals surface area (Å²) in [7, 11) is 0. The molecule has 0 saturated carbocycles. The van der Waals surface area contributed by atoms with Crippen molar-refractivity contribution in [1.29, 1.82) is 0 Å². The van der Waals surface area contributed by atoms with E-state index in [2.05, 4.69) is 9.97 Å². The van der Waals surface area contributed by atoms with E-state index in [0.717, 1.165) is 0 Å². The zero-order chi connectivity index (χ0) is 9.35. The van der Waals surface area contributed by atoms with Crippen LogP contribution in [0.2, 0.25) is 0 Å². The molecular weight excluding hydrogens is 159 g/mol. The Labute approximate surface area is 70.0 Å². The van der Waals surface area contributed by atoms with E-state index >= 15 is 0 Å². The van der Waals surface area contributed by atoms with Crippen LogP contribution < -0.4 is 0 Å². The minimum atomic E-state index is -1.52. The number of rotatable bonds is 2. The van der Waals surface area contributed by atoms with Crippen LogP contribution in [0.4, 0.5) is 4.39 Å². The van der Waals surface area contributed by atoms with Crippen molar-refractivity contribution in [3.05, 3.63) is 17.7 Å². The molecule has 1 aromatic heterocycles. The molecule has 66 valence electrons. The van der Waals surface area contributed by atoms with Gasteiger partial charge in [0.25, 0.3) is 0 Å². The summed E-state index contributed by atoms with van der Waals surface area (Å²) < 4.78 is 13.2. The zero-order valence-corrected chi connectivity index (χ0v) is 7.31. The van der Waals surface area contributed by atoms with Crippen LogP contribution in [0.1, 0.15) is 37.1 Å². The number of nitrogens with one attached hydrogen (secondary N) is 1. The van der Waals surface area contributed by atoms with Crippen molar-refractivity contribution in [2.75, 3.05) is 0 Å². The molecule has 0 aliphatic heterocycles. The third kappa shape index (κ3) is 1.69. The molecule has 0 unspecified atom stereocenters. The summed E-state index contributed by atoms with van der Waals surface area (Å²) in [6, 6.07) is 0. The second-order valence-electron chi connectivity index (χ2n) is 3.17. The van der Waals surface area contributed by atoms with Crippen LogP contribution in [0.25, 0.3) is 0 Å². The molecule has 1 aromatic rings. The number of aromatic nitrogens is 2. The molecule has 0 amide bonds. The molecule has 0 aliphatic carbocycles. The van der Waals surface area contributed by atoms with Gasteiger partial charge in [-0.05, 0) is 13.8 Å². The molecule has 12 heavy (non-hydrogen) atoms. The molecule has 0 spiro atoms. The van der Waals surface area contributed by atoms with E-state index in [4.69, 9.17) is 0 Å². The number of nitrogens with zero attached hydrogens (tertiary/aromatic N) is 1. The van der Waals surface area contributed by atoms with Crippen molar-refractivity contribution in [3.8, 4) is 0 Å². The highest BCUT2D eigenvalue weighted by Crippen LogP contribution is 2.20. The molecular formula is C8H11FN2O. The monoisotopic (exact) mass is 170 g/mol. The van der Waals surface area contributed by atoms with Crippen molar-refractivity contribution < 1.29 is 9.18 Å². The second-order valence-corrected chi connectivity index (χ2v) is 3.17. The van der Waals surface area contributed by atoms with Crippen LogP contribution in [0, 0.1) is 0 Å². The minimum Gasteiger partial charge on any atom is -0.337 e. The van der Waals surface area contributed by atoms with Gasteiger partial charge < -0.3 is 4.98 Å². The molecule has 0 aromatic carbocycles. The number of carbonyl (C=O) groups is 1. The summed E-state index contributed by atoms with van der Waals surface area (Å²) in [5.74, 6) is 0.0469. The topological polar surface area (TPSA) is 45.8 Å². The van der Waals surface area contributed by atoms with Crippen LogP contribution in [-0.4, -0.2) is 15.8 Å². The highest BCUT2D eigenvalue weighted by Gasteiger charge is 2.22. The lowest BCUT2D eigenvalue weighted by Gasteiger charge is -2.08. The van der Waals surface area contributed by atoms with Crippen molar-refractivity contribution in [3.63, 3.8) is 0 Å². The lowest BCUT2D eigenvalue weighted by molar-refractivity contribution is 0.101. The SMILES string of the molecule is CC(=O)c1cnc(C(C)(C)F)[nH]1. The minimum absolute atomic E-state index is 0.141. The smallest absolute Gasteiger partial charge is 0.177 e. The number of hydrogen-bond donors (Lipinski definition) is 1. The van der Waals surface area contributed by atoms with Gasteiger partial charge >= 0.3 is 0 Å². The Morgan fingerprint density at radius 1 is 1.67 bits per heavy atom. The molecule has 3 nitrogen and oxygen atoms in total. The lowest BCUT2D eigenvalue weighted by atomic mass is 10.2. The second kappa shape index (κ2) is 2.69. The number of carbonyl (C=O) groups excluding carboxylic acids is 1. The van der Waals surface area contributed by atoms with Crippen LogP contribution in [0.5, 0.6) is 0 Å². The van der Waals surface area contributed by atoms with E-state index in [0.29, 0.717) is 5.69 Å². The van der Waals surface area contributed by atoms with Crippen molar-refractivity contribution >= 4 is 5.78 Å². The van der Waals surface area contributed by atoms with E-state index in [-0.39, 0.29) is 11.6 Å². The first-order valence-electron chi connectivity index (χ1n) is 3.66. The first-order chi connectivity index (χ1) is 5.41. The van der Waals surface area contributed by atoms with E-state index in [1.807, 2.05) is 0 Å². The number of aromatic amines is 1. The fourth-order valence-corrected chi connectivity index (χ4v) is 0.802. The molecule has 0 bridgehead atoms. The van der Waals surface area contributed by atoms with Gasteiger partial charge in [0, 0.05) is 6.92 Å². The van der Waals surface area contributed by atoms with Crippen molar-refractivity contribution in [2.24, 2.45) is 0 Å². The first-order valence-corrected chi connectivity index (χ1v) is 3.66. The highest BCUT2D eigenvalue weighted by atomic mass is 19.1. The molecule has 0 saturated heterocycles. The maximum atomic E-state index is 13.2. The quantitative estimate of drug-likeness (QED) is 0.688. The summed E-state index contributed by atoms with van der Waals surface area (Å²) in [6.45, 7) is 4.17. The number of alkyl halides is 1. The number of imidazole rings is 1. The van der Waals surface area contributed by atoms with Gasteiger partial charge in [0.2, 0.25) is 0 Å². The van der Waals surface area contributed by atoms with E-state index in [1.165, 1.54) is 27.0 Å². The number of H-pyrrole nitrogens is 1. The van der Waals surface area contributed by atoms with Gasteiger partial charge in [-0.15, -0.1) is 0 Å². The number of Topliss-reactive ketones (excluding diaryl/α,β-unsaturated/α-hetero) is 1. The van der Waals surface area contributed by atoms with Crippen LogP contribution in [0.3, 0.4) is 0 Å². The van der Waals surface area contributed by atoms with Gasteiger partial charge in [0.15, 0.2) is 11.5 Å². The molecule has 0 atom stereocenters. The normalized spacial score (nSPS) is 11.7. The Bertz CT molecular complexity index is 298. The largest absolute Gasteiger partial charge is 0.337 e. The maximum absolute atomic E-state index is 13.2. The predicted molar refractivity (Wildman–Crippen MR) is 42.7 cm³/mol. The molecule has 1 N–H and O–H groups in total. The zero-order valence-electron chi connectivity index (χ0n) is 7.31. The van der Waals surface area contributed by atoms with Gasteiger partial charge in [-0.2, -0.15) is 0 Å². The number of hydrogen-bond acceptors (Lipinski definition) is 2. The Balaban J connectivity index is 3.00. The average molecular weight is 170 g/mol. The third-order valence-corrected chi connectivity index (χ3v) is 1.52. The van der Waals surface area contributed by atoms with Gasteiger partial charge in [-0.1, -0.05) is 0 Å². The molecule has 0 fully saturated rings. The summed E-state index contributed by atoms with van der Waals surface area (Å²) in [6.07, 6.45) is 1.35. The van der Waals surface area contributed by atoms with Gasteiger partial charge in [-0.3, -0.25) is 4.79 Å². The first kappa shape index (κ1) is 8.90. The van der Waals surface area contributed by atoms with E-state index in [1.54, 1.807) is 0 Å². The molecule has 0 radical (unpaired) electrons. The predicted octanol–water partition coefficient (Wildman–Crippen LogP) is 1.82. The van der Waals surface area contributed by atoms with E-state index < -0.39 is 5.67 Å². The standard InChI is InChI=1S/C8H11FN2O/c1-5(12)6-4-10-7(11-6)8(2,3)9/h4H,1-3H3,(H,10,11). The van der Waals surface area contributed by atoms with Crippen molar-refractivity contribution in [2.45, 2.75) is 26.4 Å². The fraction of sp³-hybridized carbons (Fsp3) is 0.500. The molecule has 4 heteroatoms.